The quantitative estimate of drug-likeness (QED) is 0.0151. The summed E-state index contributed by atoms with van der Waals surface area (Å²) in [7, 11) is 0. The fourth-order valence-corrected chi connectivity index (χ4v) is 8.20. The van der Waals surface area contributed by atoms with E-state index in [4.69, 9.17) is 24.7 Å². The van der Waals surface area contributed by atoms with E-state index in [1.54, 1.807) is 13.8 Å². The lowest BCUT2D eigenvalue weighted by Crippen LogP contribution is -2.57. The summed E-state index contributed by atoms with van der Waals surface area (Å²) in [4.78, 5) is 135. The molecule has 0 fully saturated rings. The molecule has 0 heterocycles. The lowest BCUT2D eigenvalue weighted by molar-refractivity contribution is -0.129. The Labute approximate surface area is 536 Å². The number of unbranched alkanes of at least 4 members (excludes halogenated alkanes) is 3. The van der Waals surface area contributed by atoms with Crippen LogP contribution in [0.3, 0.4) is 0 Å². The standard InChI is InChI=1S/C60H110N14O17/c1-42(75)36-67-48(44(3)77)18-10-15-27-66-58(85)50(20-12-14-25-62-51(78)21-16-23-53(80)71-47(38-69-59(6,7)45(4)73-86)39-70-60(8,9)46(5)74-87)72-54(81)24-17-22-52(79)64-28-30-88-32-35-91-41-56(83)65-29-31-89-33-34-90-40-55(82)63-26-13-11-19-49(57(61)84)68-37-43(2)76/h47-50,67-70,86-87H,10-41H2,1-9H3,(H2,61,84)(H,62,78)(H,63,82)(H,64,79)(H,65,83)(H,66,85)(H,71,80)(H,72,81)/b73-45+,74-46+/t48-,49-,50-/m0/s1. The van der Waals surface area contributed by atoms with Crippen LogP contribution in [-0.2, 0) is 71.7 Å². The van der Waals surface area contributed by atoms with Crippen molar-refractivity contribution in [3.63, 3.8) is 0 Å². The van der Waals surface area contributed by atoms with Gasteiger partial charge < -0.3 is 88.3 Å². The summed E-state index contributed by atoms with van der Waals surface area (Å²) in [5.41, 5.74) is 4.89. The Bertz CT molecular complexity index is 2240. The summed E-state index contributed by atoms with van der Waals surface area (Å²) in [5.74, 6) is -3.15. The van der Waals surface area contributed by atoms with Gasteiger partial charge in [-0.2, -0.15) is 0 Å². The Morgan fingerprint density at radius 3 is 1.24 bits per heavy atom. The third-order valence-electron chi connectivity index (χ3n) is 14.4. The van der Waals surface area contributed by atoms with Gasteiger partial charge in [-0.1, -0.05) is 10.3 Å². The second kappa shape index (κ2) is 51.0. The van der Waals surface area contributed by atoms with Gasteiger partial charge in [0.05, 0.1) is 93.4 Å². The van der Waals surface area contributed by atoms with Crippen LogP contribution < -0.4 is 64.2 Å². The van der Waals surface area contributed by atoms with Gasteiger partial charge in [-0.25, -0.2) is 0 Å². The van der Waals surface area contributed by atoms with Gasteiger partial charge in [0.15, 0.2) is 0 Å². The van der Waals surface area contributed by atoms with Crippen LogP contribution in [0.2, 0.25) is 0 Å². The number of primary amides is 1. The van der Waals surface area contributed by atoms with Crippen LogP contribution in [-0.4, -0.2) is 233 Å². The van der Waals surface area contributed by atoms with Gasteiger partial charge in [0.25, 0.3) is 0 Å². The molecule has 0 spiro atoms. The number of nitrogens with two attached hydrogens (primary N) is 1. The van der Waals surface area contributed by atoms with E-state index >= 15 is 0 Å². The number of oxime groups is 2. The largest absolute Gasteiger partial charge is 0.411 e. The molecule has 0 bridgehead atoms. The minimum atomic E-state index is -0.906. The summed E-state index contributed by atoms with van der Waals surface area (Å²) in [5, 5.41) is 57.2. The molecule has 0 radical (unpaired) electrons. The number of carbonyl (C=O) groups excluding carboxylic acids is 11. The Balaban J connectivity index is 4.74. The van der Waals surface area contributed by atoms with Gasteiger partial charge in [-0.05, 0) is 133 Å². The molecule has 522 valence electrons. The molecule has 0 unspecified atom stereocenters. The molecule has 0 aliphatic carbocycles. The number of Topliss-reactive ketones (excluding diaryl/α,β-unsaturated/α-hetero) is 3. The van der Waals surface area contributed by atoms with Crippen molar-refractivity contribution in [2.45, 2.75) is 194 Å². The van der Waals surface area contributed by atoms with Gasteiger partial charge in [-0.15, -0.1) is 0 Å². The number of amides is 8. The van der Waals surface area contributed by atoms with E-state index in [2.05, 4.69) is 68.8 Å². The molecule has 15 N–H and O–H groups in total. The van der Waals surface area contributed by atoms with Gasteiger partial charge in [0.1, 0.15) is 36.6 Å². The Kier molecular flexibility index (Phi) is 47.3. The number of nitrogens with zero attached hydrogens (tertiary/aromatic N) is 2. The second-order valence-corrected chi connectivity index (χ2v) is 23.3. The zero-order valence-electron chi connectivity index (χ0n) is 55.4. The maximum atomic E-state index is 13.4. The Hall–Kier alpha value is -6.61. The first-order valence-corrected chi connectivity index (χ1v) is 31.5. The molecule has 0 aromatic rings. The van der Waals surface area contributed by atoms with Crippen LogP contribution in [0.5, 0.6) is 0 Å². The maximum Gasteiger partial charge on any atom is 0.246 e. The smallest absolute Gasteiger partial charge is 0.246 e. The van der Waals surface area contributed by atoms with Crippen LogP contribution in [0.25, 0.3) is 0 Å². The van der Waals surface area contributed by atoms with E-state index in [9.17, 15) is 63.2 Å². The van der Waals surface area contributed by atoms with E-state index < -0.39 is 53.0 Å². The molecule has 31 heteroatoms. The molecule has 3 atom stereocenters. The van der Waals surface area contributed by atoms with E-state index in [1.165, 1.54) is 20.8 Å². The fourth-order valence-electron chi connectivity index (χ4n) is 8.20. The van der Waals surface area contributed by atoms with Gasteiger partial charge in [0, 0.05) is 71.5 Å². The van der Waals surface area contributed by atoms with Crippen LogP contribution in [0.4, 0.5) is 0 Å². The molecule has 0 aromatic carbocycles. The summed E-state index contributed by atoms with van der Waals surface area (Å²) in [6.45, 7) is 17.8. The van der Waals surface area contributed by atoms with Crippen molar-refractivity contribution in [2.24, 2.45) is 16.0 Å². The van der Waals surface area contributed by atoms with Crippen molar-refractivity contribution < 1.29 is 82.1 Å². The van der Waals surface area contributed by atoms with Gasteiger partial charge >= 0.3 is 0 Å². The van der Waals surface area contributed by atoms with E-state index in [1.807, 2.05) is 27.7 Å². The SMILES string of the molecule is CC(=O)CN[C@@H](CCCCNC(=O)[C@H](CCCCNC(=O)CCCC(=O)NC(CNC(C)(C)/C(C)=N/O)CNC(C)(C)/C(C)=N/O)NC(=O)CCCC(=O)NCCOCCOCC(=O)NCCOCCOCC(=O)NCCCC[C@H](NCC(C)=O)C(N)=O)C(C)=O. The van der Waals surface area contributed by atoms with Crippen LogP contribution in [0.1, 0.15) is 159 Å². The normalized spacial score (nSPS) is 12.9. The first-order valence-electron chi connectivity index (χ1n) is 31.5. The van der Waals surface area contributed by atoms with Crippen molar-refractivity contribution in [3.05, 3.63) is 0 Å². The minimum Gasteiger partial charge on any atom is -0.411 e. The monoisotopic (exact) mass is 1300 g/mol. The van der Waals surface area contributed by atoms with Crippen molar-refractivity contribution in [1.82, 2.24) is 58.5 Å². The number of carbonyl (C=O) groups is 11. The zero-order chi connectivity index (χ0) is 68.5. The highest BCUT2D eigenvalue weighted by Crippen LogP contribution is 2.10. The summed E-state index contributed by atoms with van der Waals surface area (Å²) in [6.07, 6.45) is 5.12. The Morgan fingerprint density at radius 1 is 0.429 bits per heavy atom. The summed E-state index contributed by atoms with van der Waals surface area (Å²) >= 11 is 0. The summed E-state index contributed by atoms with van der Waals surface area (Å²) in [6, 6.07) is -2.43. The summed E-state index contributed by atoms with van der Waals surface area (Å²) < 4.78 is 21.5. The van der Waals surface area contributed by atoms with Crippen molar-refractivity contribution >= 4 is 76.0 Å². The Morgan fingerprint density at radius 2 is 0.802 bits per heavy atom. The predicted octanol–water partition coefficient (Wildman–Crippen LogP) is -0.940. The molecule has 0 rings (SSSR count). The molecule has 0 aliphatic heterocycles. The lowest BCUT2D eigenvalue weighted by Gasteiger charge is -2.32. The first-order chi connectivity index (χ1) is 43.1. The molecule has 8 amide bonds. The number of nitrogens with one attached hydrogen (secondary N) is 11. The molecule has 0 saturated heterocycles. The molecule has 31 nitrogen and oxygen atoms in total. The van der Waals surface area contributed by atoms with Gasteiger partial charge in [-0.3, -0.25) is 58.1 Å². The highest BCUT2D eigenvalue weighted by molar-refractivity contribution is 5.91. The fraction of sp³-hybridized carbons (Fsp3) is 0.783. The first kappa shape index (κ1) is 84.4. The maximum absolute atomic E-state index is 13.4. The van der Waals surface area contributed by atoms with E-state index in [0.717, 1.165) is 0 Å². The van der Waals surface area contributed by atoms with Crippen molar-refractivity contribution in [3.8, 4) is 0 Å². The molecular weight excluding hydrogens is 1190 g/mol. The number of hydrogen-bond donors (Lipinski definition) is 14. The number of ether oxygens (including phenoxy) is 4. The van der Waals surface area contributed by atoms with Crippen molar-refractivity contribution in [2.75, 3.05) is 112 Å². The van der Waals surface area contributed by atoms with Gasteiger partial charge in [0.2, 0.25) is 47.3 Å². The highest BCUT2D eigenvalue weighted by Gasteiger charge is 2.28. The molecule has 91 heavy (non-hydrogen) atoms. The van der Waals surface area contributed by atoms with Crippen LogP contribution in [0.15, 0.2) is 10.3 Å². The third-order valence-corrected chi connectivity index (χ3v) is 14.4. The molecule has 0 aromatic heterocycles. The topological polar surface area (TPSA) is 448 Å². The van der Waals surface area contributed by atoms with Crippen molar-refractivity contribution in [1.29, 1.82) is 0 Å². The van der Waals surface area contributed by atoms with Crippen LogP contribution in [0, 0.1) is 0 Å². The average Bonchev–Trinajstić information content (AvgIpc) is 2.86. The number of hydrogen-bond acceptors (Lipinski definition) is 23. The van der Waals surface area contributed by atoms with E-state index in [-0.39, 0.29) is 184 Å². The number of rotatable bonds is 58. The molecular formula is C60H110N14O17. The zero-order valence-corrected chi connectivity index (χ0v) is 55.4. The highest BCUT2D eigenvalue weighted by atomic mass is 16.5. The molecule has 0 saturated carbocycles. The average molecular weight is 1300 g/mol. The third kappa shape index (κ3) is 46.2. The minimum absolute atomic E-state index is 0.0303. The second-order valence-electron chi connectivity index (χ2n) is 23.3. The van der Waals surface area contributed by atoms with E-state index in [0.29, 0.717) is 82.4 Å². The van der Waals surface area contributed by atoms with Crippen LogP contribution >= 0.6 is 0 Å². The predicted molar refractivity (Wildman–Crippen MR) is 340 cm³/mol. The number of ketones is 3. The lowest BCUT2D eigenvalue weighted by atomic mass is 9.98. The molecule has 0 aliphatic rings.